The van der Waals surface area contributed by atoms with Gasteiger partial charge in [-0.1, -0.05) is 47.5 Å². The van der Waals surface area contributed by atoms with Crippen LogP contribution in [0, 0.1) is 13.8 Å². The number of methoxy groups -OCH3 is 1. The predicted octanol–water partition coefficient (Wildman–Crippen LogP) is 7.97. The summed E-state index contributed by atoms with van der Waals surface area (Å²) in [7, 11) is 1.56. The highest BCUT2D eigenvalue weighted by atomic mass is 35.5. The summed E-state index contributed by atoms with van der Waals surface area (Å²) in [5.74, 6) is 0.791. The highest BCUT2D eigenvalue weighted by Gasteiger charge is 2.11. The van der Waals surface area contributed by atoms with Crippen molar-refractivity contribution in [1.29, 1.82) is 0 Å². The van der Waals surface area contributed by atoms with Crippen molar-refractivity contribution >= 4 is 51.7 Å². The van der Waals surface area contributed by atoms with E-state index in [1.807, 2.05) is 17.5 Å². The fourth-order valence-corrected chi connectivity index (χ4v) is 4.64. The van der Waals surface area contributed by atoms with Crippen LogP contribution in [-0.2, 0) is 11.4 Å². The van der Waals surface area contributed by atoms with Gasteiger partial charge in [0.15, 0.2) is 16.6 Å². The molecule has 4 aromatic rings. The second-order valence-electron chi connectivity index (χ2n) is 8.06. The molecule has 8 heteroatoms. The van der Waals surface area contributed by atoms with Crippen molar-refractivity contribution in [1.82, 2.24) is 4.98 Å². The summed E-state index contributed by atoms with van der Waals surface area (Å²) in [6.45, 7) is 4.34. The van der Waals surface area contributed by atoms with Crippen LogP contribution in [0.25, 0.3) is 17.3 Å². The molecule has 0 bridgehead atoms. The summed E-state index contributed by atoms with van der Waals surface area (Å²) in [5, 5.41) is 6.36. The van der Waals surface area contributed by atoms with Crippen LogP contribution in [0.3, 0.4) is 0 Å². The summed E-state index contributed by atoms with van der Waals surface area (Å²) in [4.78, 5) is 17.0. The summed E-state index contributed by atoms with van der Waals surface area (Å²) < 4.78 is 11.3. The summed E-state index contributed by atoms with van der Waals surface area (Å²) in [6.07, 6.45) is 3.15. The van der Waals surface area contributed by atoms with Crippen LogP contribution in [0.5, 0.6) is 11.5 Å². The second kappa shape index (κ2) is 11.6. The number of thiazole rings is 1. The van der Waals surface area contributed by atoms with Crippen molar-refractivity contribution in [3.05, 3.63) is 98.4 Å². The molecular weight excluding hydrogens is 515 g/mol. The molecule has 0 atom stereocenters. The van der Waals surface area contributed by atoms with Gasteiger partial charge in [-0.3, -0.25) is 10.1 Å². The van der Waals surface area contributed by atoms with Crippen LogP contribution in [0.1, 0.15) is 22.3 Å². The van der Waals surface area contributed by atoms with Gasteiger partial charge in [0.1, 0.15) is 6.61 Å². The van der Waals surface area contributed by atoms with Crippen LogP contribution < -0.4 is 14.8 Å². The van der Waals surface area contributed by atoms with E-state index in [1.165, 1.54) is 28.5 Å². The molecule has 3 aromatic carbocycles. The van der Waals surface area contributed by atoms with Gasteiger partial charge in [-0.05, 0) is 66.9 Å². The second-order valence-corrected chi connectivity index (χ2v) is 9.73. The zero-order chi connectivity index (χ0) is 25.7. The average molecular weight is 539 g/mol. The predicted molar refractivity (Wildman–Crippen MR) is 148 cm³/mol. The number of ether oxygens (including phenoxy) is 2. The Bertz CT molecular complexity index is 1410. The zero-order valence-corrected chi connectivity index (χ0v) is 22.3. The minimum absolute atomic E-state index is 0.199. The molecule has 5 nitrogen and oxygen atoms in total. The topological polar surface area (TPSA) is 60.5 Å². The number of nitrogens with zero attached hydrogens (tertiary/aromatic N) is 1. The number of carbonyl (C=O) groups excluding carboxylic acids is 1. The van der Waals surface area contributed by atoms with Gasteiger partial charge < -0.3 is 9.47 Å². The number of rotatable bonds is 8. The Morgan fingerprint density at radius 2 is 1.81 bits per heavy atom. The maximum atomic E-state index is 12.5. The molecule has 0 saturated carbocycles. The van der Waals surface area contributed by atoms with Gasteiger partial charge in [0, 0.05) is 32.6 Å². The van der Waals surface area contributed by atoms with E-state index in [9.17, 15) is 4.79 Å². The van der Waals surface area contributed by atoms with E-state index in [-0.39, 0.29) is 12.5 Å². The highest BCUT2D eigenvalue weighted by molar-refractivity contribution is 7.14. The van der Waals surface area contributed by atoms with Crippen molar-refractivity contribution in [2.45, 2.75) is 20.5 Å². The minimum Gasteiger partial charge on any atom is -0.493 e. The van der Waals surface area contributed by atoms with Crippen LogP contribution in [-0.4, -0.2) is 18.0 Å². The number of aromatic nitrogens is 1. The fraction of sp³-hybridized carbons (Fsp3) is 0.143. The molecule has 0 unspecified atom stereocenters. The van der Waals surface area contributed by atoms with Gasteiger partial charge in [-0.2, -0.15) is 0 Å². The third-order valence-electron chi connectivity index (χ3n) is 5.59. The van der Waals surface area contributed by atoms with Gasteiger partial charge >= 0.3 is 0 Å². The first-order chi connectivity index (χ1) is 17.3. The van der Waals surface area contributed by atoms with Gasteiger partial charge in [0.2, 0.25) is 5.91 Å². The van der Waals surface area contributed by atoms with E-state index in [2.05, 4.69) is 36.3 Å². The molecule has 184 valence electrons. The molecule has 4 rings (SSSR count). The molecule has 1 amide bonds. The van der Waals surface area contributed by atoms with Crippen LogP contribution >= 0.6 is 34.5 Å². The standard InChI is InChI=1S/C28H24Cl2N2O3S/c1-17-7-10-20(13-18(17)2)24-16-36-28(31-24)32-27(33)12-9-19-8-11-25(26(14-19)34-3)35-15-21-22(29)5-4-6-23(21)30/h4-14,16H,15H2,1-3H3,(H,31,32,33). The number of anilines is 1. The molecule has 0 fully saturated rings. The molecule has 0 radical (unpaired) electrons. The third-order valence-corrected chi connectivity index (χ3v) is 7.05. The van der Waals surface area contributed by atoms with Crippen LogP contribution in [0.4, 0.5) is 5.13 Å². The first-order valence-corrected chi connectivity index (χ1v) is 12.7. The van der Waals surface area contributed by atoms with E-state index >= 15 is 0 Å². The smallest absolute Gasteiger partial charge is 0.250 e. The number of halogens is 2. The lowest BCUT2D eigenvalue weighted by molar-refractivity contribution is -0.111. The van der Waals surface area contributed by atoms with E-state index in [0.29, 0.717) is 32.2 Å². The molecule has 1 aromatic heterocycles. The number of amides is 1. The first kappa shape index (κ1) is 25.8. The first-order valence-electron chi connectivity index (χ1n) is 11.1. The van der Waals surface area contributed by atoms with E-state index in [1.54, 1.807) is 43.5 Å². The molecule has 0 aliphatic rings. The molecule has 0 spiro atoms. The molecule has 1 heterocycles. The maximum Gasteiger partial charge on any atom is 0.250 e. The van der Waals surface area contributed by atoms with Crippen molar-refractivity contribution in [2.75, 3.05) is 12.4 Å². The Labute approximate surface area is 224 Å². The summed E-state index contributed by atoms with van der Waals surface area (Å²) in [5.41, 5.74) is 5.77. The number of hydrogen-bond acceptors (Lipinski definition) is 5. The van der Waals surface area contributed by atoms with Gasteiger partial charge in [0.05, 0.1) is 12.8 Å². The van der Waals surface area contributed by atoms with Crippen molar-refractivity contribution in [2.24, 2.45) is 0 Å². The quantitative estimate of drug-likeness (QED) is 0.231. The van der Waals surface area contributed by atoms with Crippen LogP contribution in [0.2, 0.25) is 10.0 Å². The molecular formula is C28H24Cl2N2O3S. The normalized spacial score (nSPS) is 11.0. The van der Waals surface area contributed by atoms with E-state index in [0.717, 1.165) is 16.8 Å². The average Bonchev–Trinajstić information content (AvgIpc) is 3.32. The monoisotopic (exact) mass is 538 g/mol. The Hall–Kier alpha value is -3.32. The Balaban J connectivity index is 1.39. The Kier molecular flexibility index (Phi) is 8.31. The zero-order valence-electron chi connectivity index (χ0n) is 20.0. The number of carbonyl (C=O) groups is 1. The van der Waals surface area contributed by atoms with Crippen molar-refractivity contribution < 1.29 is 14.3 Å². The van der Waals surface area contributed by atoms with E-state index < -0.39 is 0 Å². The lowest BCUT2D eigenvalue weighted by atomic mass is 10.1. The lowest BCUT2D eigenvalue weighted by Gasteiger charge is -2.13. The maximum absolute atomic E-state index is 12.5. The van der Waals surface area contributed by atoms with Crippen LogP contribution in [0.15, 0.2) is 66.1 Å². The van der Waals surface area contributed by atoms with Gasteiger partial charge in [-0.25, -0.2) is 4.98 Å². The number of aryl methyl sites for hydroxylation is 2. The van der Waals surface area contributed by atoms with Crippen molar-refractivity contribution in [3.63, 3.8) is 0 Å². The molecule has 1 N–H and O–H groups in total. The fourth-order valence-electron chi connectivity index (χ4n) is 3.41. The summed E-state index contributed by atoms with van der Waals surface area (Å²) in [6, 6.07) is 16.9. The highest BCUT2D eigenvalue weighted by Crippen LogP contribution is 2.32. The summed E-state index contributed by atoms with van der Waals surface area (Å²) >= 11 is 13.8. The Morgan fingerprint density at radius 1 is 1.03 bits per heavy atom. The van der Waals surface area contributed by atoms with Crippen molar-refractivity contribution in [3.8, 4) is 22.8 Å². The third kappa shape index (κ3) is 6.26. The number of hydrogen-bond donors (Lipinski definition) is 1. The minimum atomic E-state index is -0.274. The van der Waals surface area contributed by atoms with E-state index in [4.69, 9.17) is 32.7 Å². The molecule has 0 saturated heterocycles. The molecule has 36 heavy (non-hydrogen) atoms. The van der Waals surface area contributed by atoms with Gasteiger partial charge in [0.25, 0.3) is 0 Å². The molecule has 0 aliphatic carbocycles. The lowest BCUT2D eigenvalue weighted by Crippen LogP contribution is -2.07. The number of benzene rings is 3. The molecule has 0 aliphatic heterocycles. The number of nitrogens with one attached hydrogen (secondary N) is 1. The Morgan fingerprint density at radius 3 is 2.53 bits per heavy atom. The SMILES string of the molecule is COc1cc(C=CC(=O)Nc2nc(-c3ccc(C)c(C)c3)cs2)ccc1OCc1c(Cl)cccc1Cl. The largest absolute Gasteiger partial charge is 0.493 e. The van der Waals surface area contributed by atoms with Gasteiger partial charge in [-0.15, -0.1) is 11.3 Å².